The van der Waals surface area contributed by atoms with Gasteiger partial charge in [-0.05, 0) is 30.9 Å². The van der Waals surface area contributed by atoms with Crippen LogP contribution in [0.3, 0.4) is 0 Å². The first-order valence-corrected chi connectivity index (χ1v) is 7.20. The number of piperidine rings is 2. The van der Waals surface area contributed by atoms with Crippen LogP contribution in [-0.4, -0.2) is 25.0 Å². The van der Waals surface area contributed by atoms with Crippen molar-refractivity contribution in [1.82, 2.24) is 5.32 Å². The fraction of sp³-hybridized carbons (Fsp3) is 0.533. The van der Waals surface area contributed by atoms with Gasteiger partial charge in [0.25, 0.3) is 0 Å². The molecule has 20 heavy (non-hydrogen) atoms. The van der Waals surface area contributed by atoms with Gasteiger partial charge in [0.1, 0.15) is 5.82 Å². The highest BCUT2D eigenvalue weighted by atomic mass is 19.1. The largest absolute Gasteiger partial charge is 0.371 e. The van der Waals surface area contributed by atoms with E-state index < -0.39 is 0 Å². The average Bonchev–Trinajstić information content (AvgIpc) is 2.46. The maximum Gasteiger partial charge on any atom is 0.220 e. The van der Waals surface area contributed by atoms with Gasteiger partial charge in [-0.15, -0.1) is 0 Å². The number of anilines is 1. The highest BCUT2D eigenvalue weighted by Gasteiger charge is 2.33. The van der Waals surface area contributed by atoms with Gasteiger partial charge in [-0.1, -0.05) is 6.07 Å². The van der Waals surface area contributed by atoms with Crippen LogP contribution in [-0.2, 0) is 11.3 Å². The molecule has 1 aromatic rings. The Balaban J connectivity index is 1.73. The average molecular weight is 277 g/mol. The lowest BCUT2D eigenvalue weighted by Crippen LogP contribution is -2.54. The number of halogens is 1. The normalized spacial score (nSPS) is 26.1. The second-order valence-corrected chi connectivity index (χ2v) is 5.69. The first-order valence-electron chi connectivity index (χ1n) is 7.20. The zero-order valence-corrected chi connectivity index (χ0v) is 11.4. The molecule has 2 aliphatic rings. The van der Waals surface area contributed by atoms with Crippen LogP contribution in [0.4, 0.5) is 10.1 Å². The molecule has 3 N–H and O–H groups in total. The van der Waals surface area contributed by atoms with Crippen molar-refractivity contribution in [1.29, 1.82) is 0 Å². The van der Waals surface area contributed by atoms with E-state index in [1.807, 2.05) is 6.07 Å². The van der Waals surface area contributed by atoms with E-state index in [2.05, 4.69) is 10.2 Å². The Bertz CT molecular complexity index is 520. The zero-order valence-electron chi connectivity index (χ0n) is 11.4. The number of hydrogen-bond acceptors (Lipinski definition) is 3. The van der Waals surface area contributed by atoms with Crippen LogP contribution in [0.15, 0.2) is 18.2 Å². The summed E-state index contributed by atoms with van der Waals surface area (Å²) in [6, 6.07) is 5.57. The minimum atomic E-state index is -0.232. The number of nitrogens with one attached hydrogen (secondary N) is 1. The molecule has 0 aliphatic carbocycles. The lowest BCUT2D eigenvalue weighted by molar-refractivity contribution is -0.124. The molecule has 0 radical (unpaired) electrons. The molecule has 1 amide bonds. The van der Waals surface area contributed by atoms with Crippen molar-refractivity contribution in [2.24, 2.45) is 11.7 Å². The molecular formula is C15H20FN3O. The molecule has 1 aromatic carbocycles. The van der Waals surface area contributed by atoms with Crippen LogP contribution in [0.25, 0.3) is 0 Å². The fourth-order valence-corrected chi connectivity index (χ4v) is 3.24. The third-order valence-corrected chi connectivity index (χ3v) is 4.44. The minimum Gasteiger partial charge on any atom is -0.371 e. The van der Waals surface area contributed by atoms with E-state index in [4.69, 9.17) is 5.73 Å². The molecule has 0 spiro atoms. The van der Waals surface area contributed by atoms with E-state index in [1.165, 1.54) is 0 Å². The highest BCUT2D eigenvalue weighted by Crippen LogP contribution is 2.29. The SMILES string of the molecule is NCc1ccc(N2CCC3NC(=O)CCC3C2)cc1F. The second kappa shape index (κ2) is 5.40. The predicted molar refractivity (Wildman–Crippen MR) is 75.8 cm³/mol. The second-order valence-electron chi connectivity index (χ2n) is 5.69. The van der Waals surface area contributed by atoms with E-state index in [0.717, 1.165) is 31.6 Å². The van der Waals surface area contributed by atoms with Gasteiger partial charge in [-0.25, -0.2) is 4.39 Å². The molecule has 2 heterocycles. The van der Waals surface area contributed by atoms with Crippen LogP contribution < -0.4 is 16.0 Å². The summed E-state index contributed by atoms with van der Waals surface area (Å²) in [5.41, 5.74) is 6.95. The van der Waals surface area contributed by atoms with Crippen molar-refractivity contribution in [2.75, 3.05) is 18.0 Å². The van der Waals surface area contributed by atoms with Crippen molar-refractivity contribution in [2.45, 2.75) is 31.8 Å². The Morgan fingerprint density at radius 2 is 2.25 bits per heavy atom. The van der Waals surface area contributed by atoms with Crippen LogP contribution in [0, 0.1) is 11.7 Å². The molecule has 4 nitrogen and oxygen atoms in total. The third-order valence-electron chi connectivity index (χ3n) is 4.44. The number of amides is 1. The number of benzene rings is 1. The van der Waals surface area contributed by atoms with Gasteiger partial charge in [0.2, 0.25) is 5.91 Å². The van der Waals surface area contributed by atoms with Crippen LogP contribution in [0.5, 0.6) is 0 Å². The lowest BCUT2D eigenvalue weighted by Gasteiger charge is -2.42. The number of hydrogen-bond donors (Lipinski definition) is 2. The molecule has 0 saturated carbocycles. The predicted octanol–water partition coefficient (Wildman–Crippen LogP) is 1.39. The van der Waals surface area contributed by atoms with E-state index >= 15 is 0 Å². The number of fused-ring (bicyclic) bond motifs is 1. The van der Waals surface area contributed by atoms with Crippen molar-refractivity contribution in [3.8, 4) is 0 Å². The highest BCUT2D eigenvalue weighted by molar-refractivity contribution is 5.77. The van der Waals surface area contributed by atoms with E-state index in [0.29, 0.717) is 23.9 Å². The molecule has 2 saturated heterocycles. The summed E-state index contributed by atoms with van der Waals surface area (Å²) in [6.45, 7) is 1.96. The maximum absolute atomic E-state index is 13.8. The standard InChI is InChI=1S/C15H20FN3O/c16-13-7-12(3-1-10(13)8-17)19-6-5-14-11(9-19)2-4-15(20)18-14/h1,3,7,11,14H,2,4-6,8-9,17H2,(H,18,20). The number of carbonyl (C=O) groups excluding carboxylic acids is 1. The Morgan fingerprint density at radius 1 is 1.40 bits per heavy atom. The fourth-order valence-electron chi connectivity index (χ4n) is 3.24. The lowest BCUT2D eigenvalue weighted by atomic mass is 9.85. The summed E-state index contributed by atoms with van der Waals surface area (Å²) >= 11 is 0. The molecule has 0 bridgehead atoms. The topological polar surface area (TPSA) is 58.4 Å². The summed E-state index contributed by atoms with van der Waals surface area (Å²) in [7, 11) is 0. The van der Waals surface area contributed by atoms with Crippen molar-refractivity contribution in [3.63, 3.8) is 0 Å². The summed E-state index contributed by atoms with van der Waals surface area (Å²) in [5.74, 6) is 0.404. The van der Waals surface area contributed by atoms with E-state index in [1.54, 1.807) is 12.1 Å². The van der Waals surface area contributed by atoms with Gasteiger partial charge in [-0.3, -0.25) is 4.79 Å². The molecule has 2 aliphatic heterocycles. The molecule has 2 atom stereocenters. The number of nitrogens with two attached hydrogens (primary N) is 1. The summed E-state index contributed by atoms with van der Waals surface area (Å²) in [4.78, 5) is 13.6. The van der Waals surface area contributed by atoms with Crippen LogP contribution >= 0.6 is 0 Å². The van der Waals surface area contributed by atoms with Gasteiger partial charge >= 0.3 is 0 Å². The molecule has 5 heteroatoms. The molecule has 3 rings (SSSR count). The van der Waals surface area contributed by atoms with Crippen LogP contribution in [0.2, 0.25) is 0 Å². The monoisotopic (exact) mass is 277 g/mol. The molecule has 2 unspecified atom stereocenters. The third kappa shape index (κ3) is 2.50. The van der Waals surface area contributed by atoms with Crippen molar-refractivity contribution in [3.05, 3.63) is 29.6 Å². The Labute approximate surface area is 118 Å². The summed E-state index contributed by atoms with van der Waals surface area (Å²) < 4.78 is 13.8. The zero-order chi connectivity index (χ0) is 14.1. The molecular weight excluding hydrogens is 257 g/mol. The van der Waals surface area contributed by atoms with Gasteiger partial charge in [-0.2, -0.15) is 0 Å². The maximum atomic E-state index is 13.8. The van der Waals surface area contributed by atoms with Crippen molar-refractivity contribution < 1.29 is 9.18 Å². The Morgan fingerprint density at radius 3 is 3.00 bits per heavy atom. The quantitative estimate of drug-likeness (QED) is 0.859. The van der Waals surface area contributed by atoms with E-state index in [9.17, 15) is 9.18 Å². The first kappa shape index (κ1) is 13.4. The summed E-state index contributed by atoms with van der Waals surface area (Å²) in [6.07, 6.45) is 2.46. The summed E-state index contributed by atoms with van der Waals surface area (Å²) in [5, 5.41) is 3.06. The number of carbonyl (C=O) groups is 1. The Kier molecular flexibility index (Phi) is 3.61. The molecule has 0 aromatic heterocycles. The molecule has 108 valence electrons. The minimum absolute atomic E-state index is 0.165. The Hall–Kier alpha value is -1.62. The smallest absolute Gasteiger partial charge is 0.220 e. The number of nitrogens with zero attached hydrogens (tertiary/aromatic N) is 1. The number of rotatable bonds is 2. The van der Waals surface area contributed by atoms with Gasteiger partial charge in [0, 0.05) is 43.3 Å². The van der Waals surface area contributed by atoms with Crippen LogP contribution in [0.1, 0.15) is 24.8 Å². The van der Waals surface area contributed by atoms with E-state index in [-0.39, 0.29) is 18.3 Å². The van der Waals surface area contributed by atoms with Gasteiger partial charge in [0.05, 0.1) is 0 Å². The first-order chi connectivity index (χ1) is 9.67. The van der Waals surface area contributed by atoms with Crippen molar-refractivity contribution >= 4 is 11.6 Å². The van der Waals surface area contributed by atoms with Gasteiger partial charge < -0.3 is 16.0 Å². The molecule has 2 fully saturated rings. The van der Waals surface area contributed by atoms with Gasteiger partial charge in [0.15, 0.2) is 0 Å².